The maximum Gasteiger partial charge on any atom is 0.103 e. The van der Waals surface area contributed by atoms with E-state index in [4.69, 9.17) is 11.6 Å². The molecule has 0 spiro atoms. The lowest BCUT2D eigenvalue weighted by atomic mass is 10.3. The summed E-state index contributed by atoms with van der Waals surface area (Å²) in [5.41, 5.74) is 2.36. The van der Waals surface area contributed by atoms with Crippen molar-refractivity contribution < 1.29 is 0 Å². The molecule has 0 radical (unpaired) electrons. The third kappa shape index (κ3) is 2.02. The zero-order chi connectivity index (χ0) is 8.43. The second-order valence-electron chi connectivity index (χ2n) is 2.34. The fraction of sp³-hybridized carbons (Fsp3) is 0.250. The van der Waals surface area contributed by atoms with E-state index in [1.807, 2.05) is 13.0 Å². The molecule has 3 heteroatoms. The Kier molecular flexibility index (Phi) is 2.25. The summed E-state index contributed by atoms with van der Waals surface area (Å²) in [5.74, 6) is 0. The minimum absolute atomic E-state index is 0.502. The van der Waals surface area contributed by atoms with Crippen molar-refractivity contribution in [1.29, 1.82) is 0 Å². The van der Waals surface area contributed by atoms with E-state index in [2.05, 4.69) is 16.6 Å². The Morgan fingerprint density at radius 3 is 2.73 bits per heavy atom. The van der Waals surface area contributed by atoms with Gasteiger partial charge in [0.05, 0.1) is 11.4 Å². The van der Waals surface area contributed by atoms with Crippen LogP contribution in [0.1, 0.15) is 13.8 Å². The highest BCUT2D eigenvalue weighted by molar-refractivity contribution is 6.64. The molecule has 0 aromatic rings. The van der Waals surface area contributed by atoms with Crippen molar-refractivity contribution in [3.63, 3.8) is 0 Å². The topological polar surface area (TPSA) is 24.7 Å². The summed E-state index contributed by atoms with van der Waals surface area (Å²) in [6.07, 6.45) is 1.86. The van der Waals surface area contributed by atoms with Crippen molar-refractivity contribution in [2.75, 3.05) is 0 Å². The molecule has 0 unspecified atom stereocenters. The van der Waals surface area contributed by atoms with Crippen molar-refractivity contribution in [2.24, 2.45) is 9.98 Å². The zero-order valence-electron chi connectivity index (χ0n) is 6.56. The fourth-order valence-electron chi connectivity index (χ4n) is 0.846. The number of halogens is 1. The van der Waals surface area contributed by atoms with Crippen LogP contribution < -0.4 is 0 Å². The van der Waals surface area contributed by atoms with Gasteiger partial charge in [0, 0.05) is 5.71 Å². The van der Waals surface area contributed by atoms with E-state index in [1.54, 1.807) is 6.92 Å². The minimum Gasteiger partial charge on any atom is -0.252 e. The molecule has 0 amide bonds. The average Bonchev–Trinajstić information content (AvgIpc) is 2.09. The molecule has 0 saturated carbocycles. The van der Waals surface area contributed by atoms with E-state index in [-0.39, 0.29) is 0 Å². The highest BCUT2D eigenvalue weighted by atomic mass is 35.5. The molecule has 0 atom stereocenters. The molecular weight excluding hydrogens is 160 g/mol. The predicted molar refractivity (Wildman–Crippen MR) is 49.3 cm³/mol. The van der Waals surface area contributed by atoms with Gasteiger partial charge in [0.25, 0.3) is 0 Å². The van der Waals surface area contributed by atoms with E-state index in [0.29, 0.717) is 10.9 Å². The summed E-state index contributed by atoms with van der Waals surface area (Å²) in [7, 11) is 0. The number of nitrogens with zero attached hydrogens (tertiary/aromatic N) is 2. The molecule has 0 fully saturated rings. The van der Waals surface area contributed by atoms with E-state index in [0.717, 1.165) is 11.4 Å². The third-order valence-corrected chi connectivity index (χ3v) is 1.31. The van der Waals surface area contributed by atoms with Crippen LogP contribution in [0.25, 0.3) is 0 Å². The number of hydrogen-bond donors (Lipinski definition) is 0. The van der Waals surface area contributed by atoms with Gasteiger partial charge in [0.1, 0.15) is 5.17 Å². The minimum atomic E-state index is 0.502. The maximum atomic E-state index is 5.59. The van der Waals surface area contributed by atoms with Crippen LogP contribution in [0.4, 0.5) is 0 Å². The standard InChI is InChI=1S/C8H9ClN2/c1-5-4-8(6(2)10-5)11-7(3)9/h4H,2H2,1,3H3. The first kappa shape index (κ1) is 8.21. The molecule has 0 saturated heterocycles. The number of rotatable bonds is 1. The molecule has 0 aromatic heterocycles. The van der Waals surface area contributed by atoms with Crippen LogP contribution in [0, 0.1) is 0 Å². The molecule has 1 heterocycles. The third-order valence-electron chi connectivity index (χ3n) is 1.23. The van der Waals surface area contributed by atoms with Gasteiger partial charge in [-0.05, 0) is 19.9 Å². The van der Waals surface area contributed by atoms with Gasteiger partial charge in [-0.2, -0.15) is 0 Å². The Morgan fingerprint density at radius 2 is 2.36 bits per heavy atom. The number of aliphatic imine (C=N–C) groups is 2. The maximum absolute atomic E-state index is 5.59. The van der Waals surface area contributed by atoms with Crippen LogP contribution >= 0.6 is 11.6 Å². The Labute approximate surface area is 71.0 Å². The Morgan fingerprint density at radius 1 is 1.73 bits per heavy atom. The molecule has 0 aliphatic carbocycles. The van der Waals surface area contributed by atoms with Gasteiger partial charge < -0.3 is 0 Å². The summed E-state index contributed by atoms with van der Waals surface area (Å²) >= 11 is 5.59. The predicted octanol–water partition coefficient (Wildman–Crippen LogP) is 2.52. The second kappa shape index (κ2) is 3.01. The molecule has 58 valence electrons. The van der Waals surface area contributed by atoms with Crippen molar-refractivity contribution in [3.8, 4) is 0 Å². The monoisotopic (exact) mass is 168 g/mol. The zero-order valence-corrected chi connectivity index (χ0v) is 7.31. The molecule has 2 nitrogen and oxygen atoms in total. The number of allylic oxidation sites excluding steroid dienone is 1. The van der Waals surface area contributed by atoms with Crippen LogP contribution in [0.2, 0.25) is 0 Å². The van der Waals surface area contributed by atoms with Crippen LogP contribution in [0.3, 0.4) is 0 Å². The SMILES string of the molecule is C=C1N=C(C)C=C1N=C(C)Cl. The molecule has 0 aromatic carbocycles. The lowest BCUT2D eigenvalue weighted by Crippen LogP contribution is -1.81. The largest absolute Gasteiger partial charge is 0.252 e. The lowest BCUT2D eigenvalue weighted by Gasteiger charge is -1.92. The van der Waals surface area contributed by atoms with E-state index in [9.17, 15) is 0 Å². The van der Waals surface area contributed by atoms with Gasteiger partial charge >= 0.3 is 0 Å². The van der Waals surface area contributed by atoms with Gasteiger partial charge in [-0.3, -0.25) is 4.99 Å². The second-order valence-corrected chi connectivity index (χ2v) is 2.89. The van der Waals surface area contributed by atoms with E-state index >= 15 is 0 Å². The van der Waals surface area contributed by atoms with Gasteiger partial charge in [0.15, 0.2) is 0 Å². The quantitative estimate of drug-likeness (QED) is 0.538. The van der Waals surface area contributed by atoms with Crippen LogP contribution in [0.5, 0.6) is 0 Å². The Balaban J connectivity index is 2.88. The lowest BCUT2D eigenvalue weighted by molar-refractivity contribution is 1.30. The van der Waals surface area contributed by atoms with Crippen molar-refractivity contribution in [1.82, 2.24) is 0 Å². The van der Waals surface area contributed by atoms with Crippen LogP contribution in [-0.4, -0.2) is 10.9 Å². The van der Waals surface area contributed by atoms with E-state index < -0.39 is 0 Å². The smallest absolute Gasteiger partial charge is 0.103 e. The summed E-state index contributed by atoms with van der Waals surface area (Å²) in [4.78, 5) is 8.12. The van der Waals surface area contributed by atoms with Gasteiger partial charge in [0.2, 0.25) is 0 Å². The molecule has 1 aliphatic heterocycles. The molecule has 0 N–H and O–H groups in total. The molecule has 1 aliphatic rings. The van der Waals surface area contributed by atoms with Crippen molar-refractivity contribution >= 4 is 22.5 Å². The summed E-state index contributed by atoms with van der Waals surface area (Å²) in [6, 6.07) is 0. The first-order valence-electron chi connectivity index (χ1n) is 3.26. The average molecular weight is 169 g/mol. The highest BCUT2D eigenvalue weighted by Gasteiger charge is 2.07. The Hall–Kier alpha value is -0.890. The van der Waals surface area contributed by atoms with Gasteiger partial charge in [-0.15, -0.1) is 0 Å². The molecular formula is C8H9ClN2. The van der Waals surface area contributed by atoms with Crippen LogP contribution in [-0.2, 0) is 0 Å². The van der Waals surface area contributed by atoms with Crippen LogP contribution in [0.15, 0.2) is 34.0 Å². The van der Waals surface area contributed by atoms with Crippen molar-refractivity contribution in [2.45, 2.75) is 13.8 Å². The summed E-state index contributed by atoms with van der Waals surface area (Å²) < 4.78 is 0. The number of hydrogen-bond acceptors (Lipinski definition) is 2. The Bertz CT molecular complexity index is 280. The molecule has 1 rings (SSSR count). The first-order valence-corrected chi connectivity index (χ1v) is 3.64. The van der Waals surface area contributed by atoms with Gasteiger partial charge in [-0.1, -0.05) is 18.2 Å². The normalized spacial score (nSPS) is 18.5. The first-order chi connectivity index (χ1) is 5.09. The molecule has 11 heavy (non-hydrogen) atoms. The fourth-order valence-corrected chi connectivity index (χ4v) is 0.937. The molecule has 0 bridgehead atoms. The van der Waals surface area contributed by atoms with E-state index in [1.165, 1.54) is 0 Å². The van der Waals surface area contributed by atoms with Crippen molar-refractivity contribution in [3.05, 3.63) is 24.0 Å². The summed E-state index contributed by atoms with van der Waals surface area (Å²) in [5, 5.41) is 0.502. The highest BCUT2D eigenvalue weighted by Crippen LogP contribution is 2.18. The van der Waals surface area contributed by atoms with Gasteiger partial charge in [-0.25, -0.2) is 4.99 Å². The summed E-state index contributed by atoms with van der Waals surface area (Å²) in [6.45, 7) is 7.34.